The zero-order valence-corrected chi connectivity index (χ0v) is 16.4. The van der Waals surface area contributed by atoms with E-state index in [4.69, 9.17) is 0 Å². The van der Waals surface area contributed by atoms with Crippen LogP contribution in [0.15, 0.2) is 29.5 Å². The largest absolute Gasteiger partial charge is 0.336 e. The molecule has 0 bridgehead atoms. The maximum absolute atomic E-state index is 12.9. The Morgan fingerprint density at radius 3 is 2.63 bits per heavy atom. The number of nitrogens with zero attached hydrogens (tertiary/aromatic N) is 6. The fourth-order valence-corrected chi connectivity index (χ4v) is 3.29. The van der Waals surface area contributed by atoms with E-state index < -0.39 is 0 Å². The van der Waals surface area contributed by atoms with Gasteiger partial charge in [-0.15, -0.1) is 5.10 Å². The third-order valence-electron chi connectivity index (χ3n) is 4.23. The molecule has 3 rings (SSSR count). The summed E-state index contributed by atoms with van der Waals surface area (Å²) in [5, 5.41) is 3.96. The van der Waals surface area contributed by atoms with E-state index in [0.29, 0.717) is 17.8 Å². The van der Waals surface area contributed by atoms with Crippen molar-refractivity contribution in [2.45, 2.75) is 33.9 Å². The Hall–Kier alpha value is -2.94. The average molecular weight is 384 g/mol. The number of aryl methyl sites for hydroxylation is 3. The lowest BCUT2D eigenvalue weighted by Crippen LogP contribution is -2.35. The van der Waals surface area contributed by atoms with Crippen LogP contribution < -0.4 is 5.56 Å². The van der Waals surface area contributed by atoms with E-state index in [1.54, 1.807) is 38.6 Å². The molecule has 0 atom stereocenters. The average Bonchev–Trinajstić information content (AvgIpc) is 3.04. The van der Waals surface area contributed by atoms with Crippen LogP contribution >= 0.6 is 11.5 Å². The fraction of sp³-hybridized carbons (Fsp3) is 0.333. The van der Waals surface area contributed by atoms with Crippen LogP contribution in [-0.4, -0.2) is 42.0 Å². The minimum absolute atomic E-state index is 0.162. The molecule has 140 valence electrons. The number of hydrogen-bond acceptors (Lipinski definition) is 7. The Morgan fingerprint density at radius 1 is 1.22 bits per heavy atom. The lowest BCUT2D eigenvalue weighted by atomic mass is 10.1. The van der Waals surface area contributed by atoms with Gasteiger partial charge in [-0.05, 0) is 43.9 Å². The summed E-state index contributed by atoms with van der Waals surface area (Å²) >= 11 is 1.25. The minimum Gasteiger partial charge on any atom is -0.336 e. The standard InChI is InChI=1S/C18H20N6O2S/c1-11-5-6-24(9-14-8-19-12(2)7-20-14)18(26)16(11)17(25)23(4)10-15-13(3)21-22-27-15/h5-8H,9-10H2,1-4H3. The van der Waals surface area contributed by atoms with Gasteiger partial charge in [0.15, 0.2) is 0 Å². The van der Waals surface area contributed by atoms with E-state index in [1.165, 1.54) is 21.0 Å². The molecule has 0 radical (unpaired) electrons. The number of rotatable bonds is 5. The number of carbonyl (C=O) groups excluding carboxylic acids is 1. The molecular formula is C18H20N6O2S. The summed E-state index contributed by atoms with van der Waals surface area (Å²) in [5.74, 6) is -0.324. The second kappa shape index (κ2) is 7.75. The molecule has 0 N–H and O–H groups in total. The Bertz CT molecular complexity index is 1030. The molecule has 0 unspecified atom stereocenters. The SMILES string of the molecule is Cc1cnc(Cn2ccc(C)c(C(=O)N(C)Cc3snnc3C)c2=O)cn1. The quantitative estimate of drug-likeness (QED) is 0.665. The number of hydrogen-bond donors (Lipinski definition) is 0. The maximum Gasteiger partial charge on any atom is 0.264 e. The maximum atomic E-state index is 12.9. The van der Waals surface area contributed by atoms with Gasteiger partial charge in [0.25, 0.3) is 11.5 Å². The van der Waals surface area contributed by atoms with Gasteiger partial charge in [-0.3, -0.25) is 19.6 Å². The first-order chi connectivity index (χ1) is 12.9. The molecule has 0 aliphatic rings. The van der Waals surface area contributed by atoms with Crippen molar-refractivity contribution in [1.29, 1.82) is 0 Å². The summed E-state index contributed by atoms with van der Waals surface area (Å²) in [7, 11) is 1.67. The summed E-state index contributed by atoms with van der Waals surface area (Å²) < 4.78 is 5.36. The molecular weight excluding hydrogens is 364 g/mol. The fourth-order valence-electron chi connectivity index (χ4n) is 2.60. The van der Waals surface area contributed by atoms with Gasteiger partial charge >= 0.3 is 0 Å². The molecule has 0 saturated heterocycles. The molecule has 0 aliphatic heterocycles. The van der Waals surface area contributed by atoms with E-state index in [2.05, 4.69) is 19.6 Å². The van der Waals surface area contributed by atoms with Gasteiger partial charge in [0, 0.05) is 19.4 Å². The summed E-state index contributed by atoms with van der Waals surface area (Å²) in [6, 6.07) is 1.77. The molecule has 3 heterocycles. The zero-order valence-electron chi connectivity index (χ0n) is 15.6. The lowest BCUT2D eigenvalue weighted by molar-refractivity contribution is 0.0783. The number of pyridine rings is 1. The first kappa shape index (κ1) is 18.8. The van der Waals surface area contributed by atoms with E-state index in [0.717, 1.165) is 16.3 Å². The molecule has 0 aromatic carbocycles. The van der Waals surface area contributed by atoms with Crippen molar-refractivity contribution >= 4 is 17.4 Å². The van der Waals surface area contributed by atoms with Crippen LogP contribution in [0.3, 0.4) is 0 Å². The van der Waals surface area contributed by atoms with Crippen LogP contribution in [0.25, 0.3) is 0 Å². The highest BCUT2D eigenvalue weighted by Crippen LogP contribution is 2.14. The summed E-state index contributed by atoms with van der Waals surface area (Å²) in [6.07, 6.45) is 4.96. The van der Waals surface area contributed by atoms with Crippen LogP contribution in [0.5, 0.6) is 0 Å². The van der Waals surface area contributed by atoms with Gasteiger partial charge in [0.1, 0.15) is 5.56 Å². The highest BCUT2D eigenvalue weighted by atomic mass is 32.1. The molecule has 9 heteroatoms. The Labute approximate surface area is 160 Å². The van der Waals surface area contributed by atoms with Crippen molar-refractivity contribution in [2.75, 3.05) is 7.05 Å². The Morgan fingerprint density at radius 2 is 2.00 bits per heavy atom. The van der Waals surface area contributed by atoms with Gasteiger partial charge in [-0.1, -0.05) is 4.49 Å². The molecule has 27 heavy (non-hydrogen) atoms. The number of amides is 1. The van der Waals surface area contributed by atoms with Crippen LogP contribution in [0.1, 0.15) is 37.9 Å². The smallest absolute Gasteiger partial charge is 0.264 e. The van der Waals surface area contributed by atoms with Gasteiger partial charge in [-0.25, -0.2) is 0 Å². The molecule has 0 spiro atoms. The van der Waals surface area contributed by atoms with E-state index in [-0.39, 0.29) is 23.6 Å². The van der Waals surface area contributed by atoms with Crippen molar-refractivity contribution < 1.29 is 4.79 Å². The summed E-state index contributed by atoms with van der Waals surface area (Å²) in [5.41, 5.74) is 2.72. The monoisotopic (exact) mass is 384 g/mol. The predicted molar refractivity (Wildman–Crippen MR) is 102 cm³/mol. The highest BCUT2D eigenvalue weighted by molar-refractivity contribution is 7.05. The molecule has 1 amide bonds. The third-order valence-corrected chi connectivity index (χ3v) is 5.04. The molecule has 0 fully saturated rings. The van der Waals surface area contributed by atoms with Gasteiger partial charge < -0.3 is 9.47 Å². The third kappa shape index (κ3) is 4.08. The second-order valence-corrected chi connectivity index (χ2v) is 7.24. The molecule has 0 aliphatic carbocycles. The molecule has 3 aromatic heterocycles. The second-order valence-electron chi connectivity index (χ2n) is 6.40. The van der Waals surface area contributed by atoms with Crippen molar-refractivity contribution in [3.05, 3.63) is 68.1 Å². The minimum atomic E-state index is -0.339. The van der Waals surface area contributed by atoms with Crippen LogP contribution in [0.4, 0.5) is 0 Å². The van der Waals surface area contributed by atoms with Gasteiger partial charge in [-0.2, -0.15) is 0 Å². The van der Waals surface area contributed by atoms with Crippen LogP contribution in [-0.2, 0) is 13.1 Å². The van der Waals surface area contributed by atoms with E-state index >= 15 is 0 Å². The van der Waals surface area contributed by atoms with Crippen LogP contribution in [0, 0.1) is 20.8 Å². The first-order valence-electron chi connectivity index (χ1n) is 8.37. The van der Waals surface area contributed by atoms with Crippen molar-refractivity contribution in [2.24, 2.45) is 0 Å². The normalized spacial score (nSPS) is 10.8. The Kier molecular flexibility index (Phi) is 5.41. The topological polar surface area (TPSA) is 93.9 Å². The van der Waals surface area contributed by atoms with E-state index in [9.17, 15) is 9.59 Å². The van der Waals surface area contributed by atoms with Gasteiger partial charge in [0.05, 0.1) is 41.2 Å². The number of carbonyl (C=O) groups is 1. The van der Waals surface area contributed by atoms with Gasteiger partial charge in [0.2, 0.25) is 0 Å². The summed E-state index contributed by atoms with van der Waals surface area (Å²) in [6.45, 7) is 6.08. The van der Waals surface area contributed by atoms with E-state index in [1.807, 2.05) is 13.8 Å². The Balaban J connectivity index is 1.88. The van der Waals surface area contributed by atoms with Crippen molar-refractivity contribution in [3.8, 4) is 0 Å². The predicted octanol–water partition coefficient (Wildman–Crippen LogP) is 1.74. The number of aromatic nitrogens is 5. The molecule has 0 saturated carbocycles. The molecule has 8 nitrogen and oxygen atoms in total. The van der Waals surface area contributed by atoms with Crippen molar-refractivity contribution in [3.63, 3.8) is 0 Å². The highest BCUT2D eigenvalue weighted by Gasteiger charge is 2.21. The molecule has 3 aromatic rings. The summed E-state index contributed by atoms with van der Waals surface area (Å²) in [4.78, 5) is 36.7. The first-order valence-corrected chi connectivity index (χ1v) is 9.15. The zero-order chi connectivity index (χ0) is 19.6. The van der Waals surface area contributed by atoms with Crippen LogP contribution in [0.2, 0.25) is 0 Å². The van der Waals surface area contributed by atoms with Crippen molar-refractivity contribution in [1.82, 2.24) is 29.0 Å². The lowest BCUT2D eigenvalue weighted by Gasteiger charge is -2.18.